The molecule has 0 aromatic rings. The van der Waals surface area contributed by atoms with Crippen LogP contribution in [-0.4, -0.2) is 51.2 Å². The van der Waals surface area contributed by atoms with Crippen molar-refractivity contribution in [3.63, 3.8) is 0 Å². The number of aliphatic hydroxyl groups excluding tert-OH is 1. The lowest BCUT2D eigenvalue weighted by molar-refractivity contribution is 0.0503. The molecule has 0 saturated carbocycles. The van der Waals surface area contributed by atoms with Gasteiger partial charge in [-0.15, -0.1) is 0 Å². The average molecular weight is 217 g/mol. The molecule has 2 atom stereocenters. The summed E-state index contributed by atoms with van der Waals surface area (Å²) in [6.45, 7) is 4.08. The maximum atomic E-state index is 9.40. The lowest BCUT2D eigenvalue weighted by atomic mass is 10.0. The Bertz CT molecular complexity index is 149. The Balaban J connectivity index is 1.91. The predicted molar refractivity (Wildman–Crippen MR) is 58.9 cm³/mol. The van der Waals surface area contributed by atoms with Gasteiger partial charge < -0.3 is 19.9 Å². The van der Waals surface area contributed by atoms with Gasteiger partial charge in [-0.1, -0.05) is 0 Å². The van der Waals surface area contributed by atoms with Crippen molar-refractivity contribution in [2.75, 3.05) is 40.0 Å². The fraction of sp³-hybridized carbons (Fsp3) is 1.00. The molecule has 1 saturated heterocycles. The van der Waals surface area contributed by atoms with Crippen molar-refractivity contribution in [3.8, 4) is 0 Å². The van der Waals surface area contributed by atoms with Crippen molar-refractivity contribution < 1.29 is 14.6 Å². The van der Waals surface area contributed by atoms with Crippen LogP contribution in [-0.2, 0) is 9.47 Å². The largest absolute Gasteiger partial charge is 0.391 e. The van der Waals surface area contributed by atoms with Crippen LogP contribution in [0.5, 0.6) is 0 Å². The van der Waals surface area contributed by atoms with E-state index in [-0.39, 0.29) is 6.10 Å². The molecule has 0 spiro atoms. The van der Waals surface area contributed by atoms with Crippen LogP contribution in [0, 0.1) is 5.92 Å². The molecular weight excluding hydrogens is 194 g/mol. The number of hydrogen-bond acceptors (Lipinski definition) is 4. The lowest BCUT2D eigenvalue weighted by Gasteiger charge is -2.22. The van der Waals surface area contributed by atoms with Crippen LogP contribution >= 0.6 is 0 Å². The molecule has 90 valence electrons. The molecule has 0 aromatic heterocycles. The van der Waals surface area contributed by atoms with Crippen LogP contribution in [0.25, 0.3) is 0 Å². The smallest absolute Gasteiger partial charge is 0.0785 e. The second kappa shape index (κ2) is 8.05. The van der Waals surface area contributed by atoms with E-state index in [0.29, 0.717) is 12.5 Å². The zero-order chi connectivity index (χ0) is 10.9. The molecule has 1 aliphatic rings. The quantitative estimate of drug-likeness (QED) is 0.606. The highest BCUT2D eigenvalue weighted by Gasteiger charge is 2.13. The van der Waals surface area contributed by atoms with E-state index < -0.39 is 0 Å². The predicted octanol–water partition coefficient (Wildman–Crippen LogP) is 0.400. The first-order valence-corrected chi connectivity index (χ1v) is 5.78. The maximum Gasteiger partial charge on any atom is 0.0785 e. The molecule has 2 unspecified atom stereocenters. The van der Waals surface area contributed by atoms with Gasteiger partial charge in [-0.2, -0.15) is 0 Å². The molecule has 2 N–H and O–H groups in total. The van der Waals surface area contributed by atoms with Crippen molar-refractivity contribution >= 4 is 0 Å². The lowest BCUT2D eigenvalue weighted by Crippen LogP contribution is -2.31. The molecule has 1 aliphatic heterocycles. The summed E-state index contributed by atoms with van der Waals surface area (Å²) < 4.78 is 10.2. The topological polar surface area (TPSA) is 50.7 Å². The monoisotopic (exact) mass is 217 g/mol. The Labute approximate surface area is 92.0 Å². The van der Waals surface area contributed by atoms with Crippen molar-refractivity contribution in [2.45, 2.75) is 25.4 Å². The van der Waals surface area contributed by atoms with Crippen molar-refractivity contribution in [2.24, 2.45) is 5.92 Å². The number of nitrogens with one attached hydrogen (secondary N) is 1. The number of aliphatic hydroxyl groups is 1. The van der Waals surface area contributed by atoms with Crippen molar-refractivity contribution in [1.29, 1.82) is 0 Å². The highest BCUT2D eigenvalue weighted by atomic mass is 16.5. The van der Waals surface area contributed by atoms with Gasteiger partial charge in [0, 0.05) is 20.3 Å². The fourth-order valence-electron chi connectivity index (χ4n) is 1.82. The summed E-state index contributed by atoms with van der Waals surface area (Å²) in [4.78, 5) is 0. The van der Waals surface area contributed by atoms with E-state index in [1.54, 1.807) is 7.11 Å². The van der Waals surface area contributed by atoms with Crippen LogP contribution in [0.1, 0.15) is 19.3 Å². The third kappa shape index (κ3) is 6.10. The van der Waals surface area contributed by atoms with Gasteiger partial charge in [0.15, 0.2) is 0 Å². The minimum atomic E-state index is -0.342. The summed E-state index contributed by atoms with van der Waals surface area (Å²) in [5, 5.41) is 12.7. The Morgan fingerprint density at radius 2 is 2.47 bits per heavy atom. The molecule has 0 aliphatic carbocycles. The van der Waals surface area contributed by atoms with Gasteiger partial charge in [0.05, 0.1) is 19.3 Å². The minimum absolute atomic E-state index is 0.342. The molecule has 0 radical (unpaired) electrons. The second-order valence-corrected chi connectivity index (χ2v) is 4.19. The molecule has 1 rings (SSSR count). The summed E-state index contributed by atoms with van der Waals surface area (Å²) in [6, 6.07) is 0. The van der Waals surface area contributed by atoms with Gasteiger partial charge >= 0.3 is 0 Å². The van der Waals surface area contributed by atoms with Crippen LogP contribution in [0.3, 0.4) is 0 Å². The first kappa shape index (κ1) is 12.9. The van der Waals surface area contributed by atoms with Crippen LogP contribution in [0.15, 0.2) is 0 Å². The molecule has 15 heavy (non-hydrogen) atoms. The highest BCUT2D eigenvalue weighted by molar-refractivity contribution is 4.66. The van der Waals surface area contributed by atoms with Gasteiger partial charge in [0.1, 0.15) is 0 Å². The first-order valence-electron chi connectivity index (χ1n) is 5.78. The Kier molecular flexibility index (Phi) is 6.92. The molecule has 4 heteroatoms. The van der Waals surface area contributed by atoms with E-state index in [0.717, 1.165) is 32.7 Å². The number of rotatable bonds is 7. The summed E-state index contributed by atoms with van der Waals surface area (Å²) in [6.07, 6.45) is 2.85. The molecule has 0 bridgehead atoms. The molecule has 1 heterocycles. The van der Waals surface area contributed by atoms with Crippen LogP contribution < -0.4 is 5.32 Å². The zero-order valence-electron chi connectivity index (χ0n) is 9.58. The number of ether oxygens (including phenoxy) is 2. The summed E-state index contributed by atoms with van der Waals surface area (Å²) in [5.74, 6) is 0.651. The SMILES string of the molecule is COCC(O)CCNCC1CCCOC1. The second-order valence-electron chi connectivity index (χ2n) is 4.19. The summed E-state index contributed by atoms with van der Waals surface area (Å²) in [7, 11) is 1.61. The van der Waals surface area contributed by atoms with Crippen LogP contribution in [0.2, 0.25) is 0 Å². The maximum absolute atomic E-state index is 9.40. The van der Waals surface area contributed by atoms with E-state index in [9.17, 15) is 5.11 Å². The zero-order valence-corrected chi connectivity index (χ0v) is 9.58. The molecule has 1 fully saturated rings. The third-order valence-electron chi connectivity index (χ3n) is 2.70. The Morgan fingerprint density at radius 3 is 3.13 bits per heavy atom. The van der Waals surface area contributed by atoms with Crippen molar-refractivity contribution in [1.82, 2.24) is 5.32 Å². The van der Waals surface area contributed by atoms with Crippen molar-refractivity contribution in [3.05, 3.63) is 0 Å². The number of methoxy groups -OCH3 is 1. The van der Waals surface area contributed by atoms with Gasteiger partial charge in [0.2, 0.25) is 0 Å². The molecule has 0 amide bonds. The van der Waals surface area contributed by atoms with Gasteiger partial charge in [-0.3, -0.25) is 0 Å². The standard InChI is InChI=1S/C11H23NO3/c1-14-9-11(13)4-5-12-7-10-3-2-6-15-8-10/h10-13H,2-9H2,1H3. The average Bonchev–Trinajstić information content (AvgIpc) is 2.26. The molecular formula is C11H23NO3. The Morgan fingerprint density at radius 1 is 1.60 bits per heavy atom. The fourth-order valence-corrected chi connectivity index (χ4v) is 1.82. The van der Waals surface area contributed by atoms with E-state index in [2.05, 4.69) is 5.32 Å². The van der Waals surface area contributed by atoms with Gasteiger partial charge in [-0.25, -0.2) is 0 Å². The van der Waals surface area contributed by atoms with E-state index >= 15 is 0 Å². The summed E-state index contributed by atoms with van der Waals surface area (Å²) >= 11 is 0. The van der Waals surface area contributed by atoms with E-state index in [1.807, 2.05) is 0 Å². The van der Waals surface area contributed by atoms with E-state index in [4.69, 9.17) is 9.47 Å². The van der Waals surface area contributed by atoms with Gasteiger partial charge in [-0.05, 0) is 31.7 Å². The minimum Gasteiger partial charge on any atom is -0.391 e. The number of hydrogen-bond donors (Lipinski definition) is 2. The van der Waals surface area contributed by atoms with E-state index in [1.165, 1.54) is 12.8 Å². The van der Waals surface area contributed by atoms with Crippen LogP contribution in [0.4, 0.5) is 0 Å². The highest BCUT2D eigenvalue weighted by Crippen LogP contribution is 2.11. The first-order chi connectivity index (χ1) is 7.33. The molecule has 0 aromatic carbocycles. The third-order valence-corrected chi connectivity index (χ3v) is 2.70. The van der Waals surface area contributed by atoms with Gasteiger partial charge in [0.25, 0.3) is 0 Å². The Hall–Kier alpha value is -0.160. The summed E-state index contributed by atoms with van der Waals surface area (Å²) in [5.41, 5.74) is 0. The molecule has 4 nitrogen and oxygen atoms in total. The normalized spacial score (nSPS) is 24.0.